The van der Waals surface area contributed by atoms with Crippen LogP contribution in [0.3, 0.4) is 0 Å². The van der Waals surface area contributed by atoms with Crippen LogP contribution < -0.4 is 15.2 Å². The second-order valence-corrected chi connectivity index (χ2v) is 4.80. The minimum absolute atomic E-state index is 0.264. The fourth-order valence-corrected chi connectivity index (χ4v) is 2.17. The number of hydrogen-bond acceptors (Lipinski definition) is 3. The third-order valence-corrected chi connectivity index (χ3v) is 3.17. The minimum Gasteiger partial charge on any atom is -0.497 e. The maximum atomic E-state index is 13.1. The largest absolute Gasteiger partial charge is 0.497 e. The Balaban J connectivity index is 2.10. The Morgan fingerprint density at radius 1 is 1.21 bits per heavy atom. The van der Waals surface area contributed by atoms with Crippen LogP contribution in [-0.2, 0) is 6.61 Å². The summed E-state index contributed by atoms with van der Waals surface area (Å²) in [7, 11) is 1.61. The number of halogens is 2. The fraction of sp³-hybridized carbons (Fsp3) is 0.143. The maximum absolute atomic E-state index is 13.1. The van der Waals surface area contributed by atoms with Gasteiger partial charge < -0.3 is 15.2 Å². The highest BCUT2D eigenvalue weighted by atomic mass is 79.9. The van der Waals surface area contributed by atoms with Crippen molar-refractivity contribution in [2.45, 2.75) is 6.61 Å². The van der Waals surface area contributed by atoms with E-state index in [-0.39, 0.29) is 5.69 Å². The van der Waals surface area contributed by atoms with Gasteiger partial charge in [-0.1, -0.05) is 12.1 Å². The van der Waals surface area contributed by atoms with Gasteiger partial charge in [0.05, 0.1) is 17.3 Å². The Labute approximate surface area is 119 Å². The predicted octanol–water partition coefficient (Wildman–Crippen LogP) is 3.76. The smallest absolute Gasteiger partial charge is 0.157 e. The molecule has 0 saturated carbocycles. The molecular weight excluding hydrogens is 313 g/mol. The van der Waals surface area contributed by atoms with Crippen molar-refractivity contribution < 1.29 is 13.9 Å². The zero-order valence-corrected chi connectivity index (χ0v) is 11.9. The van der Waals surface area contributed by atoms with E-state index >= 15 is 0 Å². The van der Waals surface area contributed by atoms with E-state index < -0.39 is 5.82 Å². The summed E-state index contributed by atoms with van der Waals surface area (Å²) in [5.41, 5.74) is 6.95. The second-order valence-electron chi connectivity index (χ2n) is 3.94. The monoisotopic (exact) mass is 325 g/mol. The van der Waals surface area contributed by atoms with Crippen LogP contribution in [0.15, 0.2) is 40.9 Å². The van der Waals surface area contributed by atoms with Gasteiger partial charge in [-0.25, -0.2) is 4.39 Å². The molecule has 2 aromatic carbocycles. The van der Waals surface area contributed by atoms with Gasteiger partial charge in [-0.2, -0.15) is 0 Å². The average Bonchev–Trinajstić information content (AvgIpc) is 2.38. The lowest BCUT2D eigenvalue weighted by molar-refractivity contribution is 0.305. The van der Waals surface area contributed by atoms with Crippen LogP contribution in [0.5, 0.6) is 11.5 Å². The molecule has 0 spiro atoms. The highest BCUT2D eigenvalue weighted by Crippen LogP contribution is 2.33. The molecule has 3 nitrogen and oxygen atoms in total. The molecule has 2 rings (SSSR count). The first-order valence-corrected chi connectivity index (χ1v) is 6.39. The molecule has 2 N–H and O–H groups in total. The molecule has 0 aliphatic rings. The molecular formula is C14H13BrFNO2. The van der Waals surface area contributed by atoms with E-state index in [9.17, 15) is 4.39 Å². The number of nitrogen functional groups attached to an aromatic ring is 1. The molecule has 0 aromatic heterocycles. The van der Waals surface area contributed by atoms with E-state index in [1.54, 1.807) is 7.11 Å². The first kappa shape index (κ1) is 13.7. The molecule has 0 unspecified atom stereocenters. The Morgan fingerprint density at radius 3 is 2.47 bits per heavy atom. The number of nitrogens with two attached hydrogens (primary N) is 1. The van der Waals surface area contributed by atoms with Crippen LogP contribution >= 0.6 is 15.9 Å². The Bertz CT molecular complexity index is 549. The molecule has 100 valence electrons. The van der Waals surface area contributed by atoms with Gasteiger partial charge >= 0.3 is 0 Å². The molecule has 0 radical (unpaired) electrons. The van der Waals surface area contributed by atoms with E-state index in [1.165, 1.54) is 12.1 Å². The second kappa shape index (κ2) is 5.93. The number of anilines is 1. The number of benzene rings is 2. The molecule has 5 heteroatoms. The average molecular weight is 326 g/mol. The van der Waals surface area contributed by atoms with Crippen molar-refractivity contribution in [1.82, 2.24) is 0 Å². The fourth-order valence-electron chi connectivity index (χ4n) is 1.61. The quantitative estimate of drug-likeness (QED) is 0.870. The van der Waals surface area contributed by atoms with Crippen molar-refractivity contribution in [1.29, 1.82) is 0 Å². The van der Waals surface area contributed by atoms with Crippen molar-refractivity contribution in [3.63, 3.8) is 0 Å². The predicted molar refractivity (Wildman–Crippen MR) is 75.8 cm³/mol. The molecule has 0 atom stereocenters. The highest BCUT2D eigenvalue weighted by molar-refractivity contribution is 9.10. The highest BCUT2D eigenvalue weighted by Gasteiger charge is 2.08. The summed E-state index contributed by atoms with van der Waals surface area (Å²) in [6, 6.07) is 10.0. The molecule has 0 bridgehead atoms. The van der Waals surface area contributed by atoms with Gasteiger partial charge in [0, 0.05) is 6.07 Å². The normalized spacial score (nSPS) is 10.3. The third kappa shape index (κ3) is 3.38. The van der Waals surface area contributed by atoms with Gasteiger partial charge in [0.2, 0.25) is 0 Å². The first-order chi connectivity index (χ1) is 9.10. The zero-order valence-electron chi connectivity index (χ0n) is 10.3. The van der Waals surface area contributed by atoms with Gasteiger partial charge in [-0.05, 0) is 39.7 Å². The maximum Gasteiger partial charge on any atom is 0.157 e. The Kier molecular flexibility index (Phi) is 4.27. The van der Waals surface area contributed by atoms with Crippen molar-refractivity contribution in [2.24, 2.45) is 0 Å². The summed E-state index contributed by atoms with van der Waals surface area (Å²) < 4.78 is 24.3. The summed E-state index contributed by atoms with van der Waals surface area (Å²) >= 11 is 3.23. The van der Waals surface area contributed by atoms with Gasteiger partial charge in [-0.3, -0.25) is 0 Å². The third-order valence-electron chi connectivity index (χ3n) is 2.58. The molecule has 0 aliphatic heterocycles. The summed E-state index contributed by atoms with van der Waals surface area (Å²) in [6.07, 6.45) is 0. The van der Waals surface area contributed by atoms with Crippen LogP contribution in [0, 0.1) is 5.82 Å². The van der Waals surface area contributed by atoms with Gasteiger partial charge in [0.25, 0.3) is 0 Å². The molecule has 0 saturated heterocycles. The zero-order chi connectivity index (χ0) is 13.8. The molecule has 19 heavy (non-hydrogen) atoms. The van der Waals surface area contributed by atoms with E-state index in [4.69, 9.17) is 15.2 Å². The van der Waals surface area contributed by atoms with Crippen molar-refractivity contribution in [3.8, 4) is 11.5 Å². The summed E-state index contributed by atoms with van der Waals surface area (Å²) in [5.74, 6) is 0.824. The van der Waals surface area contributed by atoms with E-state index in [0.29, 0.717) is 16.8 Å². The van der Waals surface area contributed by atoms with Crippen molar-refractivity contribution >= 4 is 21.6 Å². The van der Waals surface area contributed by atoms with Crippen molar-refractivity contribution in [2.75, 3.05) is 12.8 Å². The van der Waals surface area contributed by atoms with Crippen LogP contribution in [-0.4, -0.2) is 7.11 Å². The van der Waals surface area contributed by atoms with E-state index in [0.717, 1.165) is 11.3 Å². The minimum atomic E-state index is -0.402. The van der Waals surface area contributed by atoms with Crippen molar-refractivity contribution in [3.05, 3.63) is 52.3 Å². The van der Waals surface area contributed by atoms with Crippen LogP contribution in [0.2, 0.25) is 0 Å². The van der Waals surface area contributed by atoms with E-state index in [2.05, 4.69) is 15.9 Å². The number of ether oxygens (including phenoxy) is 2. The molecule has 2 aromatic rings. The SMILES string of the molecule is COc1ccc(COc2c(N)cc(F)cc2Br)cc1. The van der Waals surface area contributed by atoms with Gasteiger partial charge in [0.1, 0.15) is 18.2 Å². The molecule has 0 heterocycles. The Morgan fingerprint density at radius 2 is 1.89 bits per heavy atom. The van der Waals surface area contributed by atoms with Gasteiger partial charge in [-0.15, -0.1) is 0 Å². The molecule has 0 fully saturated rings. The summed E-state index contributed by atoms with van der Waals surface area (Å²) in [4.78, 5) is 0. The van der Waals surface area contributed by atoms with Crippen LogP contribution in [0.1, 0.15) is 5.56 Å². The Hall–Kier alpha value is -1.75. The topological polar surface area (TPSA) is 44.5 Å². The lowest BCUT2D eigenvalue weighted by Gasteiger charge is -2.11. The summed E-state index contributed by atoms with van der Waals surface area (Å²) in [6.45, 7) is 0.346. The van der Waals surface area contributed by atoms with E-state index in [1.807, 2.05) is 24.3 Å². The first-order valence-electron chi connectivity index (χ1n) is 5.60. The lowest BCUT2D eigenvalue weighted by atomic mass is 10.2. The standard InChI is InChI=1S/C14H13BrFNO2/c1-18-11-4-2-9(3-5-11)8-19-14-12(15)6-10(16)7-13(14)17/h2-7H,8,17H2,1H3. The number of hydrogen-bond donors (Lipinski definition) is 1. The van der Waals surface area contributed by atoms with Crippen LogP contribution in [0.4, 0.5) is 10.1 Å². The number of rotatable bonds is 4. The molecule has 0 amide bonds. The van der Waals surface area contributed by atoms with Gasteiger partial charge in [0.15, 0.2) is 5.75 Å². The lowest BCUT2D eigenvalue weighted by Crippen LogP contribution is -2.00. The molecule has 0 aliphatic carbocycles. The van der Waals surface area contributed by atoms with Crippen LogP contribution in [0.25, 0.3) is 0 Å². The summed E-state index contributed by atoms with van der Waals surface area (Å²) in [5, 5.41) is 0. The number of methoxy groups -OCH3 is 1.